The summed E-state index contributed by atoms with van der Waals surface area (Å²) in [6, 6.07) is 1.19. The molecule has 1 fully saturated rings. The van der Waals surface area contributed by atoms with Gasteiger partial charge in [-0.15, -0.1) is 0 Å². The van der Waals surface area contributed by atoms with Crippen molar-refractivity contribution in [1.29, 1.82) is 0 Å². The van der Waals surface area contributed by atoms with Crippen molar-refractivity contribution >= 4 is 0 Å². The van der Waals surface area contributed by atoms with E-state index in [1.165, 1.54) is 32.1 Å². The Hall–Kier alpha value is -0.0800. The summed E-state index contributed by atoms with van der Waals surface area (Å²) < 4.78 is 5.35. The van der Waals surface area contributed by atoms with E-state index >= 15 is 0 Å². The Balaban J connectivity index is 2.48. The van der Waals surface area contributed by atoms with Crippen molar-refractivity contribution < 1.29 is 4.74 Å². The van der Waals surface area contributed by atoms with Gasteiger partial charge in [-0.05, 0) is 42.9 Å². The van der Waals surface area contributed by atoms with Gasteiger partial charge in [0.25, 0.3) is 0 Å². The van der Waals surface area contributed by atoms with E-state index in [0.717, 1.165) is 12.5 Å². The summed E-state index contributed by atoms with van der Waals surface area (Å²) in [5.41, 5.74) is 0.471. The number of hydrogen-bond donors (Lipinski definition) is 1. The third-order valence-corrected chi connectivity index (χ3v) is 4.79. The van der Waals surface area contributed by atoms with Crippen LogP contribution in [0.5, 0.6) is 0 Å². The zero-order valence-electron chi connectivity index (χ0n) is 14.0. The standard InChI is InChI=1S/C17H35NO/c1-13(2)16(12-19-6)18-15-9-7-8-14(10-11-15)17(3,4)5/h13-16,18H,7-12H2,1-6H3. The van der Waals surface area contributed by atoms with Crippen LogP contribution in [0.25, 0.3) is 0 Å². The van der Waals surface area contributed by atoms with E-state index in [1.54, 1.807) is 7.11 Å². The number of rotatable bonds is 5. The molecule has 0 aromatic carbocycles. The molecule has 0 radical (unpaired) electrons. The van der Waals surface area contributed by atoms with Crippen LogP contribution in [0.2, 0.25) is 0 Å². The molecule has 0 aromatic heterocycles. The molecule has 19 heavy (non-hydrogen) atoms. The molecule has 2 nitrogen and oxygen atoms in total. The third-order valence-electron chi connectivity index (χ3n) is 4.79. The van der Waals surface area contributed by atoms with Crippen molar-refractivity contribution in [2.75, 3.05) is 13.7 Å². The summed E-state index contributed by atoms with van der Waals surface area (Å²) in [6.45, 7) is 12.6. The quantitative estimate of drug-likeness (QED) is 0.754. The highest BCUT2D eigenvalue weighted by atomic mass is 16.5. The fourth-order valence-corrected chi connectivity index (χ4v) is 3.25. The Morgan fingerprint density at radius 2 is 1.79 bits per heavy atom. The van der Waals surface area contributed by atoms with Crippen molar-refractivity contribution in [2.24, 2.45) is 17.3 Å². The second-order valence-corrected chi connectivity index (χ2v) is 7.74. The van der Waals surface area contributed by atoms with E-state index in [1.807, 2.05) is 0 Å². The van der Waals surface area contributed by atoms with Gasteiger partial charge < -0.3 is 10.1 Å². The van der Waals surface area contributed by atoms with E-state index in [9.17, 15) is 0 Å². The van der Waals surface area contributed by atoms with Crippen LogP contribution in [0.1, 0.15) is 66.7 Å². The van der Waals surface area contributed by atoms with Crippen LogP contribution in [0.4, 0.5) is 0 Å². The van der Waals surface area contributed by atoms with E-state index in [-0.39, 0.29) is 0 Å². The zero-order valence-corrected chi connectivity index (χ0v) is 14.0. The molecule has 0 saturated heterocycles. The monoisotopic (exact) mass is 269 g/mol. The molecule has 0 aliphatic heterocycles. The number of ether oxygens (including phenoxy) is 1. The normalized spacial score (nSPS) is 27.3. The Morgan fingerprint density at radius 1 is 1.11 bits per heavy atom. The highest BCUT2D eigenvalue weighted by Crippen LogP contribution is 2.36. The van der Waals surface area contributed by atoms with Crippen LogP contribution in [0.3, 0.4) is 0 Å². The van der Waals surface area contributed by atoms with Crippen LogP contribution < -0.4 is 5.32 Å². The summed E-state index contributed by atoms with van der Waals surface area (Å²) in [5, 5.41) is 3.84. The average Bonchev–Trinajstić information content (AvgIpc) is 2.53. The molecule has 1 N–H and O–H groups in total. The number of hydrogen-bond acceptors (Lipinski definition) is 2. The highest BCUT2D eigenvalue weighted by Gasteiger charge is 2.28. The first-order valence-electron chi connectivity index (χ1n) is 8.09. The first-order valence-corrected chi connectivity index (χ1v) is 8.09. The maximum absolute atomic E-state index is 5.35. The van der Waals surface area contributed by atoms with Gasteiger partial charge in [-0.1, -0.05) is 41.0 Å². The van der Waals surface area contributed by atoms with Gasteiger partial charge in [0.05, 0.1) is 6.61 Å². The third kappa shape index (κ3) is 5.83. The zero-order chi connectivity index (χ0) is 14.5. The fourth-order valence-electron chi connectivity index (χ4n) is 3.25. The van der Waals surface area contributed by atoms with E-state index < -0.39 is 0 Å². The van der Waals surface area contributed by atoms with E-state index in [4.69, 9.17) is 4.74 Å². The molecule has 1 rings (SSSR count). The van der Waals surface area contributed by atoms with Crippen molar-refractivity contribution in [2.45, 2.75) is 78.8 Å². The predicted octanol–water partition coefficient (Wildman–Crippen LogP) is 4.24. The molecule has 0 aromatic rings. The second kappa shape index (κ2) is 7.64. The van der Waals surface area contributed by atoms with Crippen LogP contribution in [-0.4, -0.2) is 25.8 Å². The number of methoxy groups -OCH3 is 1. The minimum absolute atomic E-state index is 0.471. The van der Waals surface area contributed by atoms with Gasteiger partial charge in [-0.2, -0.15) is 0 Å². The van der Waals surface area contributed by atoms with Gasteiger partial charge in [-0.3, -0.25) is 0 Å². The molecule has 0 amide bonds. The minimum Gasteiger partial charge on any atom is -0.383 e. The fraction of sp³-hybridized carbons (Fsp3) is 1.00. The molecule has 1 aliphatic rings. The van der Waals surface area contributed by atoms with Gasteiger partial charge >= 0.3 is 0 Å². The summed E-state index contributed by atoms with van der Waals surface area (Å²) in [5.74, 6) is 1.53. The molecule has 2 heteroatoms. The van der Waals surface area contributed by atoms with Crippen molar-refractivity contribution in [3.8, 4) is 0 Å². The molecule has 0 heterocycles. The predicted molar refractivity (Wildman–Crippen MR) is 83.5 cm³/mol. The summed E-state index contributed by atoms with van der Waals surface area (Å²) in [6.07, 6.45) is 6.81. The Labute approximate surface area is 120 Å². The molecule has 1 aliphatic carbocycles. The molecular weight excluding hydrogens is 234 g/mol. The summed E-state index contributed by atoms with van der Waals surface area (Å²) in [7, 11) is 1.81. The van der Waals surface area contributed by atoms with Gasteiger partial charge in [0.2, 0.25) is 0 Å². The number of nitrogens with one attached hydrogen (secondary N) is 1. The Kier molecular flexibility index (Phi) is 6.82. The summed E-state index contributed by atoms with van der Waals surface area (Å²) in [4.78, 5) is 0. The van der Waals surface area contributed by atoms with Gasteiger partial charge in [0.15, 0.2) is 0 Å². The van der Waals surface area contributed by atoms with Crippen molar-refractivity contribution in [3.63, 3.8) is 0 Å². The maximum Gasteiger partial charge on any atom is 0.0618 e. The molecule has 1 saturated carbocycles. The first-order chi connectivity index (χ1) is 8.84. The molecule has 3 unspecified atom stereocenters. The highest BCUT2D eigenvalue weighted by molar-refractivity contribution is 4.83. The SMILES string of the molecule is COCC(NC1CCCC(C(C)(C)C)CC1)C(C)C. The Bertz CT molecular complexity index is 244. The lowest BCUT2D eigenvalue weighted by atomic mass is 9.76. The average molecular weight is 269 g/mol. The van der Waals surface area contributed by atoms with Gasteiger partial charge in [0.1, 0.15) is 0 Å². The van der Waals surface area contributed by atoms with Crippen LogP contribution >= 0.6 is 0 Å². The smallest absolute Gasteiger partial charge is 0.0618 e. The Morgan fingerprint density at radius 3 is 2.32 bits per heavy atom. The summed E-state index contributed by atoms with van der Waals surface area (Å²) >= 11 is 0. The molecule has 0 bridgehead atoms. The lowest BCUT2D eigenvalue weighted by molar-refractivity contribution is 0.137. The van der Waals surface area contributed by atoms with Crippen LogP contribution in [0.15, 0.2) is 0 Å². The lowest BCUT2D eigenvalue weighted by Crippen LogP contribution is -2.44. The largest absolute Gasteiger partial charge is 0.383 e. The minimum atomic E-state index is 0.471. The van der Waals surface area contributed by atoms with Gasteiger partial charge in [0, 0.05) is 19.2 Å². The van der Waals surface area contributed by atoms with E-state index in [0.29, 0.717) is 23.4 Å². The second-order valence-electron chi connectivity index (χ2n) is 7.74. The van der Waals surface area contributed by atoms with Crippen molar-refractivity contribution in [3.05, 3.63) is 0 Å². The van der Waals surface area contributed by atoms with Crippen LogP contribution in [-0.2, 0) is 4.74 Å². The van der Waals surface area contributed by atoms with Gasteiger partial charge in [-0.25, -0.2) is 0 Å². The topological polar surface area (TPSA) is 21.3 Å². The van der Waals surface area contributed by atoms with Crippen LogP contribution in [0, 0.1) is 17.3 Å². The molecule has 0 spiro atoms. The molecule has 114 valence electrons. The molecular formula is C17H35NO. The van der Waals surface area contributed by atoms with Crippen molar-refractivity contribution in [1.82, 2.24) is 5.32 Å². The molecule has 3 atom stereocenters. The van der Waals surface area contributed by atoms with E-state index in [2.05, 4.69) is 39.9 Å². The maximum atomic E-state index is 5.35. The first kappa shape index (κ1) is 17.0. The lowest BCUT2D eigenvalue weighted by Gasteiger charge is -2.30.